The predicted molar refractivity (Wildman–Crippen MR) is 66.2 cm³/mol. The second kappa shape index (κ2) is 5.59. The maximum atomic E-state index is 10.9. The summed E-state index contributed by atoms with van der Waals surface area (Å²) in [5.41, 5.74) is 1.53. The molecule has 0 radical (unpaired) electrons. The van der Waals surface area contributed by atoms with Gasteiger partial charge < -0.3 is 9.30 Å². The summed E-state index contributed by atoms with van der Waals surface area (Å²) in [6.07, 6.45) is 5.46. The first-order chi connectivity index (χ1) is 8.36. The van der Waals surface area contributed by atoms with Crippen LogP contribution in [-0.2, 0) is 11.3 Å². The van der Waals surface area contributed by atoms with Gasteiger partial charge in [-0.1, -0.05) is 6.92 Å². The number of pyridine rings is 1. The monoisotopic (exact) mass is 232 g/mol. The first kappa shape index (κ1) is 11.8. The van der Waals surface area contributed by atoms with Crippen LogP contribution in [0.1, 0.15) is 23.7 Å². The largest absolute Gasteiger partial charge is 0.380 e. The highest BCUT2D eigenvalue weighted by Crippen LogP contribution is 2.17. The van der Waals surface area contributed by atoms with Crippen LogP contribution < -0.4 is 0 Å². The Balaban J connectivity index is 2.19. The van der Waals surface area contributed by atoms with Gasteiger partial charge in [0.1, 0.15) is 5.65 Å². The van der Waals surface area contributed by atoms with Crippen LogP contribution in [-0.4, -0.2) is 29.1 Å². The Morgan fingerprint density at radius 2 is 2.35 bits per heavy atom. The molecule has 0 bridgehead atoms. The van der Waals surface area contributed by atoms with Gasteiger partial charge in [-0.3, -0.25) is 4.79 Å². The van der Waals surface area contributed by atoms with Crippen LogP contribution in [0.15, 0.2) is 24.5 Å². The number of carbonyl (C=O) groups is 1. The molecule has 0 spiro atoms. The van der Waals surface area contributed by atoms with Gasteiger partial charge in [-0.25, -0.2) is 4.98 Å². The molecular formula is C13H16N2O2. The number of fused-ring (bicyclic) bond motifs is 1. The van der Waals surface area contributed by atoms with Crippen molar-refractivity contribution in [2.75, 3.05) is 13.2 Å². The zero-order valence-electron chi connectivity index (χ0n) is 9.93. The first-order valence-corrected chi connectivity index (χ1v) is 5.83. The van der Waals surface area contributed by atoms with E-state index in [4.69, 9.17) is 4.74 Å². The Morgan fingerprint density at radius 3 is 3.12 bits per heavy atom. The highest BCUT2D eigenvalue weighted by Gasteiger charge is 2.07. The topological polar surface area (TPSA) is 44.1 Å². The summed E-state index contributed by atoms with van der Waals surface area (Å²) < 4.78 is 7.41. The van der Waals surface area contributed by atoms with Crippen LogP contribution in [0.3, 0.4) is 0 Å². The molecule has 0 aliphatic carbocycles. The van der Waals surface area contributed by atoms with E-state index < -0.39 is 0 Å². The van der Waals surface area contributed by atoms with Gasteiger partial charge in [-0.15, -0.1) is 0 Å². The SMILES string of the molecule is CCCOCCn1cc(C=O)c2cccnc21. The molecule has 0 aliphatic heterocycles. The van der Waals surface area contributed by atoms with Crippen molar-refractivity contribution >= 4 is 17.3 Å². The Kier molecular flexibility index (Phi) is 3.88. The van der Waals surface area contributed by atoms with E-state index in [2.05, 4.69) is 11.9 Å². The van der Waals surface area contributed by atoms with Crippen LogP contribution in [0.2, 0.25) is 0 Å². The molecule has 17 heavy (non-hydrogen) atoms. The maximum Gasteiger partial charge on any atom is 0.152 e. The van der Waals surface area contributed by atoms with Crippen molar-refractivity contribution < 1.29 is 9.53 Å². The minimum atomic E-state index is 0.645. The Labute approximate surface area is 100 Å². The molecule has 0 N–H and O–H groups in total. The minimum Gasteiger partial charge on any atom is -0.380 e. The van der Waals surface area contributed by atoms with Gasteiger partial charge in [0, 0.05) is 36.5 Å². The molecule has 4 heteroatoms. The summed E-state index contributed by atoms with van der Waals surface area (Å²) in [4.78, 5) is 15.2. The highest BCUT2D eigenvalue weighted by atomic mass is 16.5. The molecule has 0 amide bonds. The number of nitrogens with zero attached hydrogens (tertiary/aromatic N) is 2. The zero-order chi connectivity index (χ0) is 12.1. The average molecular weight is 232 g/mol. The van der Waals surface area contributed by atoms with Crippen LogP contribution in [0, 0.1) is 0 Å². The van der Waals surface area contributed by atoms with Gasteiger partial charge in [0.05, 0.1) is 6.61 Å². The van der Waals surface area contributed by atoms with Crippen LogP contribution in [0.5, 0.6) is 0 Å². The van der Waals surface area contributed by atoms with Crippen LogP contribution >= 0.6 is 0 Å². The van der Waals surface area contributed by atoms with Crippen LogP contribution in [0.25, 0.3) is 11.0 Å². The molecule has 4 nitrogen and oxygen atoms in total. The number of ether oxygens (including phenoxy) is 1. The third-order valence-electron chi connectivity index (χ3n) is 2.62. The Hall–Kier alpha value is -1.68. The summed E-state index contributed by atoms with van der Waals surface area (Å²) in [6.45, 7) is 4.22. The van der Waals surface area contributed by atoms with Crippen molar-refractivity contribution in [1.82, 2.24) is 9.55 Å². The fourth-order valence-electron chi connectivity index (χ4n) is 1.82. The summed E-state index contributed by atoms with van der Waals surface area (Å²) in [6, 6.07) is 3.75. The van der Waals surface area contributed by atoms with Crippen molar-refractivity contribution in [1.29, 1.82) is 0 Å². The molecule has 0 saturated heterocycles. The van der Waals surface area contributed by atoms with E-state index in [1.807, 2.05) is 22.9 Å². The number of hydrogen-bond acceptors (Lipinski definition) is 3. The second-order valence-corrected chi connectivity index (χ2v) is 3.88. The lowest BCUT2D eigenvalue weighted by Crippen LogP contribution is -2.06. The van der Waals surface area contributed by atoms with E-state index in [0.29, 0.717) is 12.2 Å². The third-order valence-corrected chi connectivity index (χ3v) is 2.62. The highest BCUT2D eigenvalue weighted by molar-refractivity contribution is 5.95. The van der Waals surface area contributed by atoms with E-state index in [1.54, 1.807) is 6.20 Å². The Bertz CT molecular complexity index is 505. The molecule has 0 fully saturated rings. The van der Waals surface area contributed by atoms with E-state index in [0.717, 1.165) is 36.9 Å². The molecule has 90 valence electrons. The summed E-state index contributed by atoms with van der Waals surface area (Å²) in [7, 11) is 0. The van der Waals surface area contributed by atoms with Gasteiger partial charge in [-0.05, 0) is 18.6 Å². The number of hydrogen-bond donors (Lipinski definition) is 0. The van der Waals surface area contributed by atoms with Gasteiger partial charge >= 0.3 is 0 Å². The number of rotatable bonds is 6. The van der Waals surface area contributed by atoms with E-state index in [1.165, 1.54) is 0 Å². The lowest BCUT2D eigenvalue weighted by molar-refractivity contribution is 0.112. The Morgan fingerprint density at radius 1 is 1.47 bits per heavy atom. The number of aromatic nitrogens is 2. The molecule has 0 aliphatic rings. The molecule has 2 aromatic rings. The van der Waals surface area contributed by atoms with Gasteiger partial charge in [0.2, 0.25) is 0 Å². The molecular weight excluding hydrogens is 216 g/mol. The zero-order valence-corrected chi connectivity index (χ0v) is 9.93. The third kappa shape index (κ3) is 2.53. The summed E-state index contributed by atoms with van der Waals surface area (Å²) in [5.74, 6) is 0. The lowest BCUT2D eigenvalue weighted by Gasteiger charge is -2.04. The van der Waals surface area contributed by atoms with Crippen molar-refractivity contribution in [2.24, 2.45) is 0 Å². The smallest absolute Gasteiger partial charge is 0.152 e. The fraction of sp³-hybridized carbons (Fsp3) is 0.385. The van der Waals surface area contributed by atoms with E-state index in [9.17, 15) is 4.79 Å². The second-order valence-electron chi connectivity index (χ2n) is 3.88. The van der Waals surface area contributed by atoms with E-state index in [-0.39, 0.29) is 0 Å². The van der Waals surface area contributed by atoms with Gasteiger partial charge in [0.15, 0.2) is 6.29 Å². The van der Waals surface area contributed by atoms with Crippen LogP contribution in [0.4, 0.5) is 0 Å². The molecule has 0 saturated carbocycles. The molecule has 0 atom stereocenters. The standard InChI is InChI=1S/C13H16N2O2/c1-2-7-17-8-6-15-9-11(10-16)12-4-3-5-14-13(12)15/h3-5,9-10H,2,6-8H2,1H3. The maximum absolute atomic E-state index is 10.9. The van der Waals surface area contributed by atoms with Crippen molar-refractivity contribution in [3.63, 3.8) is 0 Å². The minimum absolute atomic E-state index is 0.645. The van der Waals surface area contributed by atoms with Crippen molar-refractivity contribution in [2.45, 2.75) is 19.9 Å². The summed E-state index contributed by atoms with van der Waals surface area (Å²) >= 11 is 0. The quantitative estimate of drug-likeness (QED) is 0.567. The number of carbonyl (C=O) groups excluding carboxylic acids is 1. The van der Waals surface area contributed by atoms with E-state index >= 15 is 0 Å². The molecule has 2 aromatic heterocycles. The molecule has 2 rings (SSSR count). The first-order valence-electron chi connectivity index (χ1n) is 5.83. The molecule has 0 aromatic carbocycles. The fourth-order valence-corrected chi connectivity index (χ4v) is 1.82. The summed E-state index contributed by atoms with van der Waals surface area (Å²) in [5, 5.41) is 0.901. The number of aldehydes is 1. The molecule has 2 heterocycles. The lowest BCUT2D eigenvalue weighted by atomic mass is 10.2. The van der Waals surface area contributed by atoms with Crippen molar-refractivity contribution in [3.05, 3.63) is 30.1 Å². The van der Waals surface area contributed by atoms with Crippen molar-refractivity contribution in [3.8, 4) is 0 Å². The average Bonchev–Trinajstić information content (AvgIpc) is 2.73. The van der Waals surface area contributed by atoms with Gasteiger partial charge in [0.25, 0.3) is 0 Å². The normalized spacial score (nSPS) is 10.9. The predicted octanol–water partition coefficient (Wildman–Crippen LogP) is 2.28. The van der Waals surface area contributed by atoms with Gasteiger partial charge in [-0.2, -0.15) is 0 Å². The molecule has 0 unspecified atom stereocenters.